The molecule has 0 unspecified atom stereocenters. The summed E-state index contributed by atoms with van der Waals surface area (Å²) in [7, 11) is -2.22. The summed E-state index contributed by atoms with van der Waals surface area (Å²) >= 11 is 3.21. The number of halogens is 1. The third-order valence-electron chi connectivity index (χ3n) is 1.97. The molecule has 100 valence electrons. The number of ether oxygens (including phenoxy) is 1. The molecule has 1 aromatic carbocycles. The van der Waals surface area contributed by atoms with Gasteiger partial charge in [-0.05, 0) is 12.1 Å². The Morgan fingerprint density at radius 1 is 1.44 bits per heavy atom. The Labute approximate surface area is 113 Å². The Balaban J connectivity index is 2.83. The van der Waals surface area contributed by atoms with Crippen LogP contribution in [0.2, 0.25) is 0 Å². The Kier molecular flexibility index (Phi) is 4.97. The van der Waals surface area contributed by atoms with Crippen molar-refractivity contribution in [2.24, 2.45) is 0 Å². The molecule has 0 aliphatic heterocycles. The van der Waals surface area contributed by atoms with E-state index in [-0.39, 0.29) is 0 Å². The number of nitrogens with one attached hydrogen (secondary N) is 1. The predicted octanol–water partition coefficient (Wildman–Crippen LogP) is 1.67. The number of hydrogen-bond donors (Lipinski definition) is 2. The molecule has 0 radical (unpaired) electrons. The van der Waals surface area contributed by atoms with Gasteiger partial charge in [0.15, 0.2) is 0 Å². The van der Waals surface area contributed by atoms with E-state index < -0.39 is 28.2 Å². The van der Waals surface area contributed by atoms with Crippen molar-refractivity contribution < 1.29 is 23.1 Å². The van der Waals surface area contributed by atoms with Gasteiger partial charge in [-0.25, -0.2) is 8.42 Å². The van der Waals surface area contributed by atoms with Crippen LogP contribution in [-0.2, 0) is 14.8 Å². The molecule has 0 heterocycles. The van der Waals surface area contributed by atoms with Crippen LogP contribution in [0.15, 0.2) is 22.7 Å². The Morgan fingerprint density at radius 3 is 2.67 bits per heavy atom. The van der Waals surface area contributed by atoms with E-state index in [1.54, 1.807) is 12.1 Å². The Morgan fingerprint density at radius 2 is 2.11 bits per heavy atom. The standard InChI is InChI=1S/C10H12BrNO5S/c1-17-9-5-7(11)4-8(6-9)12-18(15,16)3-2-10(13)14/h4-6,12H,2-3H2,1H3,(H,13,14). The summed E-state index contributed by atoms with van der Waals surface area (Å²) < 4.78 is 31.1. The molecule has 0 saturated heterocycles. The summed E-state index contributed by atoms with van der Waals surface area (Å²) in [6.45, 7) is 0. The molecule has 0 aliphatic rings. The lowest BCUT2D eigenvalue weighted by Gasteiger charge is -2.09. The normalized spacial score (nSPS) is 11.0. The average Bonchev–Trinajstić information content (AvgIpc) is 2.25. The second kappa shape index (κ2) is 6.05. The molecular weight excluding hydrogens is 326 g/mol. The van der Waals surface area contributed by atoms with E-state index in [4.69, 9.17) is 9.84 Å². The van der Waals surface area contributed by atoms with E-state index in [2.05, 4.69) is 20.7 Å². The van der Waals surface area contributed by atoms with Crippen LogP contribution in [0, 0.1) is 0 Å². The summed E-state index contributed by atoms with van der Waals surface area (Å²) in [5.41, 5.74) is 0.312. The minimum absolute atomic E-state index is 0.312. The van der Waals surface area contributed by atoms with E-state index in [9.17, 15) is 13.2 Å². The number of benzene rings is 1. The van der Waals surface area contributed by atoms with Gasteiger partial charge in [0.2, 0.25) is 10.0 Å². The number of anilines is 1. The topological polar surface area (TPSA) is 92.7 Å². The zero-order chi connectivity index (χ0) is 13.8. The molecule has 0 atom stereocenters. The average molecular weight is 338 g/mol. The van der Waals surface area contributed by atoms with E-state index in [0.717, 1.165) is 0 Å². The second-order valence-electron chi connectivity index (χ2n) is 3.44. The van der Waals surface area contributed by atoms with Crippen molar-refractivity contribution in [1.82, 2.24) is 0 Å². The summed E-state index contributed by atoms with van der Waals surface area (Å²) in [5.74, 6) is -1.15. The fraction of sp³-hybridized carbons (Fsp3) is 0.300. The van der Waals surface area contributed by atoms with E-state index >= 15 is 0 Å². The lowest BCUT2D eigenvalue weighted by molar-refractivity contribution is -0.136. The lowest BCUT2D eigenvalue weighted by Crippen LogP contribution is -2.18. The molecule has 1 rings (SSSR count). The molecule has 1 aromatic rings. The van der Waals surface area contributed by atoms with Crippen molar-refractivity contribution in [1.29, 1.82) is 0 Å². The molecule has 18 heavy (non-hydrogen) atoms. The highest BCUT2D eigenvalue weighted by molar-refractivity contribution is 9.10. The number of rotatable bonds is 6. The van der Waals surface area contributed by atoms with Crippen molar-refractivity contribution in [2.75, 3.05) is 17.6 Å². The maximum absolute atomic E-state index is 11.6. The Hall–Kier alpha value is -1.28. The monoisotopic (exact) mass is 337 g/mol. The summed E-state index contributed by atoms with van der Waals surface area (Å²) in [6.07, 6.45) is -0.444. The minimum atomic E-state index is -3.68. The van der Waals surface area contributed by atoms with Gasteiger partial charge in [0.05, 0.1) is 25.0 Å². The highest BCUT2D eigenvalue weighted by Crippen LogP contribution is 2.25. The summed E-state index contributed by atoms with van der Waals surface area (Å²) in [6, 6.07) is 4.74. The second-order valence-corrected chi connectivity index (χ2v) is 6.20. The first-order valence-corrected chi connectivity index (χ1v) is 7.34. The van der Waals surface area contributed by atoms with E-state index in [1.807, 2.05) is 0 Å². The third-order valence-corrected chi connectivity index (χ3v) is 3.71. The number of sulfonamides is 1. The highest BCUT2D eigenvalue weighted by atomic mass is 79.9. The van der Waals surface area contributed by atoms with Crippen LogP contribution in [0.1, 0.15) is 6.42 Å². The molecule has 0 aliphatic carbocycles. The van der Waals surface area contributed by atoms with Gasteiger partial charge in [-0.15, -0.1) is 0 Å². The number of carboxylic acid groups (broad SMARTS) is 1. The molecule has 0 saturated carbocycles. The molecule has 0 spiro atoms. The minimum Gasteiger partial charge on any atom is -0.497 e. The van der Waals surface area contributed by atoms with Gasteiger partial charge in [0.1, 0.15) is 5.75 Å². The molecule has 2 N–H and O–H groups in total. The quantitative estimate of drug-likeness (QED) is 0.823. The van der Waals surface area contributed by atoms with Gasteiger partial charge in [0, 0.05) is 10.5 Å². The third kappa shape index (κ3) is 4.92. The molecule has 0 amide bonds. The zero-order valence-corrected chi connectivity index (χ0v) is 11.9. The van der Waals surface area contributed by atoms with Crippen LogP contribution < -0.4 is 9.46 Å². The van der Waals surface area contributed by atoms with Crippen LogP contribution in [0.25, 0.3) is 0 Å². The van der Waals surface area contributed by atoms with Crippen molar-refractivity contribution >= 4 is 37.6 Å². The molecule has 0 aromatic heterocycles. The maximum Gasteiger partial charge on any atom is 0.304 e. The molecule has 0 fully saturated rings. The number of carbonyl (C=O) groups is 1. The number of aliphatic carboxylic acids is 1. The van der Waals surface area contributed by atoms with Crippen LogP contribution >= 0.6 is 15.9 Å². The molecule has 0 bridgehead atoms. The van der Waals surface area contributed by atoms with E-state index in [0.29, 0.717) is 15.9 Å². The summed E-state index contributed by atoms with van der Waals surface area (Å²) in [5, 5.41) is 8.45. The van der Waals surface area contributed by atoms with Crippen molar-refractivity contribution in [2.45, 2.75) is 6.42 Å². The van der Waals surface area contributed by atoms with Crippen LogP contribution in [0.5, 0.6) is 5.75 Å². The largest absolute Gasteiger partial charge is 0.497 e. The van der Waals surface area contributed by atoms with Gasteiger partial charge in [-0.3, -0.25) is 9.52 Å². The van der Waals surface area contributed by atoms with Crippen molar-refractivity contribution in [3.63, 3.8) is 0 Å². The molecule has 8 heteroatoms. The highest BCUT2D eigenvalue weighted by Gasteiger charge is 2.13. The Bertz CT molecular complexity index is 543. The van der Waals surface area contributed by atoms with Crippen LogP contribution in [0.3, 0.4) is 0 Å². The maximum atomic E-state index is 11.6. The fourth-order valence-electron chi connectivity index (χ4n) is 1.19. The van der Waals surface area contributed by atoms with E-state index in [1.165, 1.54) is 13.2 Å². The van der Waals surface area contributed by atoms with Crippen molar-refractivity contribution in [3.8, 4) is 5.75 Å². The van der Waals surface area contributed by atoms with Gasteiger partial charge in [-0.2, -0.15) is 0 Å². The first-order chi connectivity index (χ1) is 8.32. The molecule has 6 nitrogen and oxygen atoms in total. The summed E-state index contributed by atoms with van der Waals surface area (Å²) in [4.78, 5) is 10.3. The van der Waals surface area contributed by atoms with Gasteiger partial charge in [0.25, 0.3) is 0 Å². The van der Waals surface area contributed by atoms with Gasteiger partial charge in [-0.1, -0.05) is 15.9 Å². The first-order valence-electron chi connectivity index (χ1n) is 4.89. The number of methoxy groups -OCH3 is 1. The van der Waals surface area contributed by atoms with Gasteiger partial charge >= 0.3 is 5.97 Å². The SMILES string of the molecule is COc1cc(Br)cc(NS(=O)(=O)CCC(=O)O)c1. The van der Waals surface area contributed by atoms with Crippen LogP contribution in [0.4, 0.5) is 5.69 Å². The fourth-order valence-corrected chi connectivity index (χ4v) is 2.69. The smallest absolute Gasteiger partial charge is 0.304 e. The predicted molar refractivity (Wildman–Crippen MR) is 70.4 cm³/mol. The number of carboxylic acids is 1. The lowest BCUT2D eigenvalue weighted by atomic mass is 10.3. The zero-order valence-electron chi connectivity index (χ0n) is 9.51. The molecular formula is C10H12BrNO5S. The van der Waals surface area contributed by atoms with Crippen LogP contribution in [-0.4, -0.2) is 32.4 Å². The van der Waals surface area contributed by atoms with Crippen molar-refractivity contribution in [3.05, 3.63) is 22.7 Å². The number of hydrogen-bond acceptors (Lipinski definition) is 4. The first kappa shape index (κ1) is 14.8. The van der Waals surface area contributed by atoms with Gasteiger partial charge < -0.3 is 9.84 Å².